The number of halogens is 3. The number of rotatable bonds is 5. The van der Waals surface area contributed by atoms with E-state index in [-0.39, 0.29) is 5.91 Å². The Hall–Kier alpha value is -1.34. The molecule has 0 fully saturated rings. The molecule has 0 radical (unpaired) electrons. The third kappa shape index (κ3) is 4.09. The molecule has 0 saturated carbocycles. The highest BCUT2D eigenvalue weighted by atomic mass is 79.9. The van der Waals surface area contributed by atoms with Crippen molar-refractivity contribution in [3.63, 3.8) is 0 Å². The van der Waals surface area contributed by atoms with E-state index in [1.807, 2.05) is 50.2 Å². The molecular weight excluding hydrogens is 495 g/mol. The zero-order valence-electron chi connectivity index (χ0n) is 15.2. The Kier molecular flexibility index (Phi) is 6.31. The molecule has 0 aliphatic carbocycles. The fraction of sp³-hybridized carbons (Fsp3) is 0.250. The monoisotopic (exact) mass is 512 g/mol. The van der Waals surface area contributed by atoms with Gasteiger partial charge in [-0.1, -0.05) is 23.7 Å². The third-order valence-corrected chi connectivity index (χ3v) is 5.77. The average Bonchev–Trinajstić information content (AvgIpc) is 2.87. The van der Waals surface area contributed by atoms with Crippen LogP contribution in [0.15, 0.2) is 45.3 Å². The minimum atomic E-state index is -0.129. The maximum atomic E-state index is 13.3. The van der Waals surface area contributed by atoms with Gasteiger partial charge in [-0.25, -0.2) is 0 Å². The van der Waals surface area contributed by atoms with Gasteiger partial charge in [0.05, 0.1) is 16.8 Å². The molecule has 0 unspecified atom stereocenters. The van der Waals surface area contributed by atoms with Gasteiger partial charge in [-0.2, -0.15) is 0 Å². The number of hydrogen-bond donors (Lipinski definition) is 0. The van der Waals surface area contributed by atoms with Crippen molar-refractivity contribution >= 4 is 60.3 Å². The molecule has 142 valence electrons. The zero-order chi connectivity index (χ0) is 19.7. The number of likely N-dealkylation sites (N-methyl/N-ethyl adjacent to an activating group) is 1. The normalized spacial score (nSPS) is 11.4. The summed E-state index contributed by atoms with van der Waals surface area (Å²) in [5, 5.41) is 1.39. The molecule has 4 nitrogen and oxygen atoms in total. The molecule has 3 aromatic rings. The first kappa shape index (κ1) is 20.4. The highest BCUT2D eigenvalue weighted by Crippen LogP contribution is 2.39. The van der Waals surface area contributed by atoms with Gasteiger partial charge in [0.1, 0.15) is 12.4 Å². The second-order valence-electron chi connectivity index (χ2n) is 6.47. The van der Waals surface area contributed by atoms with E-state index in [9.17, 15) is 4.79 Å². The lowest BCUT2D eigenvalue weighted by atomic mass is 10.2. The van der Waals surface area contributed by atoms with Crippen molar-refractivity contribution in [2.45, 2.75) is 6.92 Å². The largest absolute Gasteiger partial charge is 0.490 e. The minimum Gasteiger partial charge on any atom is -0.490 e. The lowest BCUT2D eigenvalue weighted by Gasteiger charge is -2.12. The SMILES string of the molecule is Cc1c(OCCN(C)C)c2cc(Cl)cc(Br)c2n1C(=O)c1ccccc1Br. The molecule has 1 aromatic heterocycles. The average molecular weight is 515 g/mol. The summed E-state index contributed by atoms with van der Waals surface area (Å²) in [6.07, 6.45) is 0. The van der Waals surface area contributed by atoms with Crippen molar-refractivity contribution in [1.29, 1.82) is 0 Å². The summed E-state index contributed by atoms with van der Waals surface area (Å²) in [4.78, 5) is 15.4. The van der Waals surface area contributed by atoms with Gasteiger partial charge in [-0.05, 0) is 77.1 Å². The van der Waals surface area contributed by atoms with Crippen molar-refractivity contribution in [2.24, 2.45) is 0 Å². The van der Waals surface area contributed by atoms with E-state index in [0.29, 0.717) is 22.9 Å². The molecule has 3 rings (SSSR count). The van der Waals surface area contributed by atoms with Gasteiger partial charge in [0.25, 0.3) is 5.91 Å². The van der Waals surface area contributed by atoms with Crippen LogP contribution in [0, 0.1) is 6.92 Å². The van der Waals surface area contributed by atoms with Crippen LogP contribution in [0.1, 0.15) is 16.1 Å². The van der Waals surface area contributed by atoms with E-state index >= 15 is 0 Å². The zero-order valence-corrected chi connectivity index (χ0v) is 19.2. The van der Waals surface area contributed by atoms with Gasteiger partial charge < -0.3 is 9.64 Å². The van der Waals surface area contributed by atoms with Crippen molar-refractivity contribution in [2.75, 3.05) is 27.2 Å². The Morgan fingerprint density at radius 2 is 1.89 bits per heavy atom. The van der Waals surface area contributed by atoms with E-state index in [1.54, 1.807) is 16.7 Å². The Morgan fingerprint density at radius 3 is 2.56 bits per heavy atom. The quantitative estimate of drug-likeness (QED) is 0.434. The Bertz CT molecular complexity index is 1010. The first-order chi connectivity index (χ1) is 12.8. The van der Waals surface area contributed by atoms with Gasteiger partial charge in [-0.15, -0.1) is 0 Å². The molecule has 2 aromatic carbocycles. The summed E-state index contributed by atoms with van der Waals surface area (Å²) >= 11 is 13.3. The van der Waals surface area contributed by atoms with Gasteiger partial charge in [-0.3, -0.25) is 9.36 Å². The molecule has 1 heterocycles. The third-order valence-electron chi connectivity index (χ3n) is 4.25. The Labute approximate surface area is 180 Å². The van der Waals surface area contributed by atoms with Crippen LogP contribution < -0.4 is 4.74 Å². The van der Waals surface area contributed by atoms with E-state index in [1.165, 1.54) is 0 Å². The highest BCUT2D eigenvalue weighted by molar-refractivity contribution is 9.11. The highest BCUT2D eigenvalue weighted by Gasteiger charge is 2.24. The second kappa shape index (κ2) is 8.35. The van der Waals surface area contributed by atoms with Crippen LogP contribution in [0.2, 0.25) is 5.02 Å². The summed E-state index contributed by atoms with van der Waals surface area (Å²) in [6.45, 7) is 3.17. The minimum absolute atomic E-state index is 0.129. The van der Waals surface area contributed by atoms with E-state index in [4.69, 9.17) is 16.3 Å². The number of hydrogen-bond acceptors (Lipinski definition) is 3. The second-order valence-corrected chi connectivity index (χ2v) is 8.62. The van der Waals surface area contributed by atoms with Crippen molar-refractivity contribution < 1.29 is 9.53 Å². The van der Waals surface area contributed by atoms with Gasteiger partial charge >= 0.3 is 0 Å². The van der Waals surface area contributed by atoms with E-state index in [0.717, 1.165) is 32.1 Å². The lowest BCUT2D eigenvalue weighted by molar-refractivity contribution is 0.0961. The molecule has 0 saturated heterocycles. The summed E-state index contributed by atoms with van der Waals surface area (Å²) in [5.41, 5.74) is 2.07. The standard InChI is InChI=1S/C20H19Br2ClN2O2/c1-12-19(27-9-8-24(2)3)15-10-13(23)11-17(22)18(15)25(12)20(26)14-6-4-5-7-16(14)21/h4-7,10-11H,8-9H2,1-3H3. The maximum Gasteiger partial charge on any atom is 0.263 e. The Balaban J connectivity index is 2.19. The van der Waals surface area contributed by atoms with Crippen LogP contribution in [0.3, 0.4) is 0 Å². The number of nitrogens with zero attached hydrogens (tertiary/aromatic N) is 2. The molecule has 27 heavy (non-hydrogen) atoms. The van der Waals surface area contributed by atoms with Gasteiger partial charge in [0.15, 0.2) is 0 Å². The van der Waals surface area contributed by atoms with Crippen LogP contribution in [-0.2, 0) is 0 Å². The van der Waals surface area contributed by atoms with Crippen LogP contribution >= 0.6 is 43.5 Å². The van der Waals surface area contributed by atoms with Crippen LogP contribution in [-0.4, -0.2) is 42.6 Å². The summed E-state index contributed by atoms with van der Waals surface area (Å²) in [5.74, 6) is 0.547. The maximum absolute atomic E-state index is 13.3. The van der Waals surface area contributed by atoms with Crippen LogP contribution in [0.25, 0.3) is 10.9 Å². The number of ether oxygens (including phenoxy) is 1. The smallest absolute Gasteiger partial charge is 0.263 e. The molecule has 0 bridgehead atoms. The molecule has 0 spiro atoms. The molecular formula is C20H19Br2ClN2O2. The fourth-order valence-corrected chi connectivity index (χ4v) is 4.39. The van der Waals surface area contributed by atoms with Gasteiger partial charge in [0, 0.05) is 25.9 Å². The summed E-state index contributed by atoms with van der Waals surface area (Å²) < 4.78 is 9.24. The molecule has 0 aliphatic heterocycles. The number of fused-ring (bicyclic) bond motifs is 1. The Morgan fingerprint density at radius 1 is 1.19 bits per heavy atom. The predicted molar refractivity (Wildman–Crippen MR) is 117 cm³/mol. The van der Waals surface area contributed by atoms with Crippen LogP contribution in [0.5, 0.6) is 5.75 Å². The molecule has 0 aliphatic rings. The number of benzene rings is 2. The number of carbonyl (C=O) groups excluding carboxylic acids is 1. The lowest BCUT2D eigenvalue weighted by Crippen LogP contribution is -2.20. The van der Waals surface area contributed by atoms with Gasteiger partial charge in [0.2, 0.25) is 0 Å². The number of aromatic nitrogens is 1. The summed E-state index contributed by atoms with van der Waals surface area (Å²) in [7, 11) is 3.98. The predicted octanol–water partition coefficient (Wildman–Crippen LogP) is 5.76. The molecule has 0 atom stereocenters. The van der Waals surface area contributed by atoms with Crippen molar-refractivity contribution in [3.05, 3.63) is 61.6 Å². The first-order valence-electron chi connectivity index (χ1n) is 8.38. The van der Waals surface area contributed by atoms with Crippen molar-refractivity contribution in [1.82, 2.24) is 9.47 Å². The fourth-order valence-electron chi connectivity index (χ4n) is 2.95. The number of carbonyl (C=O) groups is 1. The molecule has 7 heteroatoms. The van der Waals surface area contributed by atoms with E-state index in [2.05, 4.69) is 31.9 Å². The topological polar surface area (TPSA) is 34.5 Å². The summed E-state index contributed by atoms with van der Waals surface area (Å²) in [6, 6.07) is 11.0. The molecule has 0 amide bonds. The van der Waals surface area contributed by atoms with E-state index < -0.39 is 0 Å². The van der Waals surface area contributed by atoms with Crippen LogP contribution in [0.4, 0.5) is 0 Å². The van der Waals surface area contributed by atoms with Crippen molar-refractivity contribution in [3.8, 4) is 5.75 Å². The molecule has 0 N–H and O–H groups in total. The first-order valence-corrected chi connectivity index (χ1v) is 10.3.